The largest absolute Gasteiger partial charge is 0.432 e. The third-order valence-corrected chi connectivity index (χ3v) is 19.2. The summed E-state index contributed by atoms with van der Waals surface area (Å²) in [4.78, 5) is 14.9. The first-order valence-electron chi connectivity index (χ1n) is 26.9. The summed E-state index contributed by atoms with van der Waals surface area (Å²) in [5, 5.41) is 181. The topological polar surface area (TPSA) is 453 Å². The van der Waals surface area contributed by atoms with Crippen LogP contribution in [0.25, 0.3) is 0 Å². The van der Waals surface area contributed by atoms with E-state index in [1.54, 1.807) is 6.92 Å². The van der Waals surface area contributed by atoms with Crippen molar-refractivity contribution in [3.05, 3.63) is 12.2 Å². The molecular formula is C50H80O28. The van der Waals surface area contributed by atoms with Crippen molar-refractivity contribution in [1.82, 2.24) is 0 Å². The number of aliphatic hydroxyl groups excluding tert-OH is 17. The number of carbonyl (C=O) groups is 1. The van der Waals surface area contributed by atoms with Crippen LogP contribution in [0.5, 0.6) is 0 Å². The number of esters is 1. The van der Waals surface area contributed by atoms with Crippen molar-refractivity contribution in [2.45, 2.75) is 231 Å². The second-order valence-corrected chi connectivity index (χ2v) is 23.6. The normalized spacial score (nSPS) is 54.5. The Morgan fingerprint density at radius 3 is 1.41 bits per heavy atom. The molecule has 0 aromatic heterocycles. The van der Waals surface area contributed by atoms with Crippen LogP contribution < -0.4 is 0 Å². The fourth-order valence-corrected chi connectivity index (χ4v) is 15.0. The molecule has 28 heteroatoms. The lowest BCUT2D eigenvalue weighted by Gasteiger charge is -2.64. The summed E-state index contributed by atoms with van der Waals surface area (Å²) in [5.41, 5.74) is -2.81. The first kappa shape index (κ1) is 60.8. The summed E-state index contributed by atoms with van der Waals surface area (Å²) >= 11 is 0. The molecule has 9 fully saturated rings. The minimum Gasteiger partial charge on any atom is -0.432 e. The highest BCUT2D eigenvalue weighted by Crippen LogP contribution is 2.74. The molecule has 1 spiro atoms. The molecule has 2 bridgehead atoms. The van der Waals surface area contributed by atoms with Crippen molar-refractivity contribution in [2.75, 3.05) is 33.0 Å². The second-order valence-electron chi connectivity index (χ2n) is 23.6. The van der Waals surface area contributed by atoms with Gasteiger partial charge in [0.2, 0.25) is 6.29 Å². The Kier molecular flexibility index (Phi) is 18.2. The van der Waals surface area contributed by atoms with Crippen LogP contribution in [-0.2, 0) is 52.2 Å². The number of hydrogen-bond acceptors (Lipinski definition) is 28. The summed E-state index contributed by atoms with van der Waals surface area (Å²) in [6.07, 6.45) is -39.9. The second kappa shape index (κ2) is 23.3. The van der Waals surface area contributed by atoms with Gasteiger partial charge in [0.05, 0.1) is 44.1 Å². The molecule has 5 heterocycles. The molecular weight excluding hydrogens is 1050 g/mol. The van der Waals surface area contributed by atoms with Crippen molar-refractivity contribution in [3.63, 3.8) is 0 Å². The van der Waals surface area contributed by atoms with Gasteiger partial charge in [0, 0.05) is 0 Å². The Hall–Kier alpha value is -1.83. The predicted molar refractivity (Wildman–Crippen MR) is 252 cm³/mol. The van der Waals surface area contributed by atoms with Crippen LogP contribution in [0.1, 0.15) is 71.6 Å². The minimum atomic E-state index is -1.99. The highest BCUT2D eigenvalue weighted by atomic mass is 16.8. The molecule has 31 atom stereocenters. The van der Waals surface area contributed by atoms with Crippen molar-refractivity contribution < 1.29 is 139 Å². The van der Waals surface area contributed by atoms with E-state index < -0.39 is 214 Å². The highest BCUT2D eigenvalue weighted by Gasteiger charge is 2.70. The average Bonchev–Trinajstić information content (AvgIpc) is 3.69. The zero-order valence-electron chi connectivity index (χ0n) is 43.3. The van der Waals surface area contributed by atoms with Gasteiger partial charge in [-0.15, -0.1) is 0 Å². The standard InChI is InChI=1S/C50H80O28/c1-18-11-49-9-5-24-47(2,7-4-8-48(24,3)46(68)77-44-39(34(64)29(59)22(15-54)72-44)75-42-36(66)32(62)27(57)20(13-52)70-42)25(49)6-10-50(18,17-49)78-45-40(76-43-37(67)33(63)28(58)21(14-53)71-43)38(30(60)23(16-55)73-45)74-41-35(65)31(61)26(56)19(12-51)69-41/h19-45,51-67H,1,4-17H2,2-3H3/t19-,20-,21-,22-,23-,24+,25-,26+,27+,28+,29+,30+,31+,32+,33+,34+,35-,36-,37-,38+,39-,40-,41-,42-,43-,44-,45-,47+,48-,49-,50-/m0/s1. The van der Waals surface area contributed by atoms with Crippen LogP contribution >= 0.6 is 0 Å². The molecule has 0 radical (unpaired) electrons. The molecule has 0 aromatic rings. The first-order valence-corrected chi connectivity index (χ1v) is 26.9. The SMILES string of the molecule is C=C1C[C@]23CC[C@@H]4[C@@](C)(CCC[C@]4(C)C(=O)O[C@@H]4O[C@@H](CO)[C@@H](O)[C@@H](O)[C@@H]4O[C@@H]4O[C@@H](CO)[C@@H](O)[C@@H](O)[C@@H]4O)[C@@H]2CC[C@]1(O[C@@H]1O[C@@H](CO)[C@@H](O)[C@@H](O[C@@H]2O[C@@H](CO)[C@@H](O)[C@@H](O)[C@@H]2O)[C@@H]1O[C@@H]1O[C@@H](CO)[C@@H](O)[C@@H](O)[C@@H]1O)C3. The average molecular weight is 1130 g/mol. The molecule has 0 unspecified atom stereocenters. The van der Waals surface area contributed by atoms with Gasteiger partial charge in [0.15, 0.2) is 31.3 Å². The van der Waals surface area contributed by atoms with Crippen molar-refractivity contribution >= 4 is 5.97 Å². The van der Waals surface area contributed by atoms with E-state index in [1.165, 1.54) is 0 Å². The van der Waals surface area contributed by atoms with Gasteiger partial charge in [-0.3, -0.25) is 4.79 Å². The van der Waals surface area contributed by atoms with Gasteiger partial charge in [-0.1, -0.05) is 19.9 Å². The summed E-state index contributed by atoms with van der Waals surface area (Å²) in [6.45, 7) is 4.32. The lowest BCUT2D eigenvalue weighted by atomic mass is 9.41. The van der Waals surface area contributed by atoms with Crippen molar-refractivity contribution in [1.29, 1.82) is 0 Å². The zero-order valence-corrected chi connectivity index (χ0v) is 43.3. The highest BCUT2D eigenvalue weighted by molar-refractivity contribution is 5.77. The fraction of sp³-hybridized carbons (Fsp3) is 0.940. The van der Waals surface area contributed by atoms with Crippen LogP contribution in [0.3, 0.4) is 0 Å². The van der Waals surface area contributed by atoms with E-state index in [-0.39, 0.29) is 11.8 Å². The maximum Gasteiger partial charge on any atom is 0.314 e. The molecule has 28 nitrogen and oxygen atoms in total. The molecule has 0 aromatic carbocycles. The monoisotopic (exact) mass is 1130 g/mol. The van der Waals surface area contributed by atoms with Crippen LogP contribution in [-0.4, -0.2) is 285 Å². The molecule has 9 aliphatic rings. The number of fused-ring (bicyclic) bond motifs is 3. The van der Waals surface area contributed by atoms with Gasteiger partial charge >= 0.3 is 5.97 Å². The third-order valence-electron chi connectivity index (χ3n) is 19.2. The van der Waals surface area contributed by atoms with Gasteiger partial charge in [-0.2, -0.15) is 0 Å². The summed E-state index contributed by atoms with van der Waals surface area (Å²) in [7, 11) is 0. The molecule has 4 aliphatic carbocycles. The van der Waals surface area contributed by atoms with Crippen molar-refractivity contribution in [3.8, 4) is 0 Å². The van der Waals surface area contributed by atoms with Gasteiger partial charge in [0.25, 0.3) is 0 Å². The molecule has 4 saturated carbocycles. The fourth-order valence-electron chi connectivity index (χ4n) is 15.0. The minimum absolute atomic E-state index is 0.0705. The maximum absolute atomic E-state index is 14.9. The molecule has 9 rings (SSSR count). The van der Waals surface area contributed by atoms with Crippen molar-refractivity contribution in [2.24, 2.45) is 28.1 Å². The Morgan fingerprint density at radius 1 is 0.487 bits per heavy atom. The van der Waals surface area contributed by atoms with Crippen LogP contribution in [0, 0.1) is 28.1 Å². The zero-order chi connectivity index (χ0) is 56.7. The molecule has 5 saturated heterocycles. The van der Waals surface area contributed by atoms with Crippen LogP contribution in [0.2, 0.25) is 0 Å². The Bertz CT molecular complexity index is 2070. The predicted octanol–water partition coefficient (Wildman–Crippen LogP) is -7.29. The van der Waals surface area contributed by atoms with E-state index in [2.05, 4.69) is 13.5 Å². The summed E-state index contributed by atoms with van der Waals surface area (Å²) in [5.74, 6) is -1.14. The molecule has 78 heavy (non-hydrogen) atoms. The van der Waals surface area contributed by atoms with E-state index in [9.17, 15) is 91.6 Å². The van der Waals surface area contributed by atoms with Crippen LogP contribution in [0.15, 0.2) is 12.2 Å². The van der Waals surface area contributed by atoms with Gasteiger partial charge in [-0.05, 0) is 86.5 Å². The number of hydrogen-bond donors (Lipinski definition) is 17. The Morgan fingerprint density at radius 2 is 0.910 bits per heavy atom. The van der Waals surface area contributed by atoms with Gasteiger partial charge in [0.1, 0.15) is 116 Å². The van der Waals surface area contributed by atoms with E-state index in [1.807, 2.05) is 0 Å². The number of ether oxygens (including phenoxy) is 10. The quantitative estimate of drug-likeness (QED) is 0.0411. The molecule has 0 amide bonds. The lowest BCUT2D eigenvalue weighted by molar-refractivity contribution is -0.400. The van der Waals surface area contributed by atoms with Gasteiger partial charge < -0.3 is 134 Å². The smallest absolute Gasteiger partial charge is 0.314 e. The van der Waals surface area contributed by atoms with E-state index >= 15 is 0 Å². The molecule has 5 aliphatic heterocycles. The first-order chi connectivity index (χ1) is 36.9. The summed E-state index contributed by atoms with van der Waals surface area (Å²) < 4.78 is 60.3. The Labute approximate surface area is 448 Å². The van der Waals surface area contributed by atoms with E-state index in [4.69, 9.17) is 47.4 Å². The maximum atomic E-state index is 14.9. The van der Waals surface area contributed by atoms with Crippen LogP contribution in [0.4, 0.5) is 0 Å². The number of rotatable bonds is 15. The molecule has 448 valence electrons. The summed E-state index contributed by atoms with van der Waals surface area (Å²) in [6, 6.07) is 0. The number of aliphatic hydroxyl groups is 17. The Balaban J connectivity index is 0.968. The lowest BCUT2D eigenvalue weighted by Crippen LogP contribution is -2.68. The molecule has 17 N–H and O–H groups in total. The van der Waals surface area contributed by atoms with E-state index in [0.29, 0.717) is 63.4 Å². The van der Waals surface area contributed by atoms with E-state index in [0.717, 1.165) is 0 Å². The van der Waals surface area contributed by atoms with Gasteiger partial charge in [-0.25, -0.2) is 0 Å². The number of carbonyl (C=O) groups excluding carboxylic acids is 1. The third kappa shape index (κ3) is 10.3.